The Hall–Kier alpha value is -2.16. The molecule has 0 bridgehead atoms. The average Bonchev–Trinajstić information content (AvgIpc) is 2.92. The van der Waals surface area contributed by atoms with Crippen LogP contribution in [0.1, 0.15) is 24.5 Å². The lowest BCUT2D eigenvalue weighted by molar-refractivity contribution is 0.0340. The molecule has 0 atom stereocenters. The van der Waals surface area contributed by atoms with E-state index in [2.05, 4.69) is 24.9 Å². The Balaban J connectivity index is 2.14. The highest BCUT2D eigenvalue weighted by Crippen LogP contribution is 2.21. The maximum atomic E-state index is 11.8. The third-order valence-electron chi connectivity index (χ3n) is 2.36. The lowest BCUT2D eigenvalue weighted by Gasteiger charge is -2.06. The summed E-state index contributed by atoms with van der Waals surface area (Å²) in [6.07, 6.45) is 2.31. The number of nitrogens with one attached hydrogen (secondary N) is 1. The van der Waals surface area contributed by atoms with Gasteiger partial charge in [-0.1, -0.05) is 13.8 Å². The highest BCUT2D eigenvalue weighted by atomic mass is 32.2. The van der Waals surface area contributed by atoms with Gasteiger partial charge in [-0.3, -0.25) is 5.10 Å². The van der Waals surface area contributed by atoms with Gasteiger partial charge >= 0.3 is 12.1 Å². The summed E-state index contributed by atoms with van der Waals surface area (Å²) in [5.41, 5.74) is 0.400. The SMILES string of the molecule is CSc1nc(C(=O)OC(=O)OCC(C)C)nc2[nH]ncc12. The van der Waals surface area contributed by atoms with Crippen LogP contribution in [0.3, 0.4) is 0 Å². The van der Waals surface area contributed by atoms with Crippen molar-refractivity contribution in [3.05, 3.63) is 12.0 Å². The summed E-state index contributed by atoms with van der Waals surface area (Å²) in [5, 5.41) is 7.74. The molecule has 0 fully saturated rings. The summed E-state index contributed by atoms with van der Waals surface area (Å²) in [4.78, 5) is 31.2. The van der Waals surface area contributed by atoms with Crippen molar-refractivity contribution in [2.45, 2.75) is 18.9 Å². The number of nitrogens with zero attached hydrogens (tertiary/aromatic N) is 3. The number of H-pyrrole nitrogens is 1. The van der Waals surface area contributed by atoms with Crippen molar-refractivity contribution >= 4 is 34.9 Å². The van der Waals surface area contributed by atoms with E-state index < -0.39 is 12.1 Å². The Morgan fingerprint density at radius 3 is 2.81 bits per heavy atom. The molecule has 2 heterocycles. The van der Waals surface area contributed by atoms with Crippen molar-refractivity contribution < 1.29 is 19.1 Å². The summed E-state index contributed by atoms with van der Waals surface area (Å²) in [6.45, 7) is 3.91. The third kappa shape index (κ3) is 3.69. The lowest BCUT2D eigenvalue weighted by atomic mass is 10.2. The van der Waals surface area contributed by atoms with Crippen molar-refractivity contribution in [3.63, 3.8) is 0 Å². The van der Waals surface area contributed by atoms with Crippen LogP contribution in [0, 0.1) is 5.92 Å². The molecule has 0 aromatic carbocycles. The molecule has 21 heavy (non-hydrogen) atoms. The molecule has 0 saturated carbocycles. The molecule has 8 nitrogen and oxygen atoms in total. The highest BCUT2D eigenvalue weighted by Gasteiger charge is 2.20. The molecule has 0 aliphatic heterocycles. The fourth-order valence-corrected chi connectivity index (χ4v) is 1.99. The minimum Gasteiger partial charge on any atom is -0.434 e. The van der Waals surface area contributed by atoms with Gasteiger partial charge in [0.1, 0.15) is 5.03 Å². The second-order valence-electron chi connectivity index (χ2n) is 4.53. The topological polar surface area (TPSA) is 107 Å². The molecular weight excluding hydrogens is 296 g/mol. The van der Waals surface area contributed by atoms with E-state index >= 15 is 0 Å². The zero-order chi connectivity index (χ0) is 15.4. The van der Waals surface area contributed by atoms with Gasteiger partial charge in [0.25, 0.3) is 0 Å². The number of aromatic amines is 1. The number of fused-ring (bicyclic) bond motifs is 1. The van der Waals surface area contributed by atoms with Crippen LogP contribution in [0.5, 0.6) is 0 Å². The number of aromatic nitrogens is 4. The molecule has 2 rings (SSSR count). The van der Waals surface area contributed by atoms with Crippen LogP contribution in [-0.2, 0) is 9.47 Å². The zero-order valence-electron chi connectivity index (χ0n) is 11.7. The van der Waals surface area contributed by atoms with Gasteiger partial charge < -0.3 is 9.47 Å². The second kappa shape index (κ2) is 6.53. The molecule has 2 aromatic rings. The number of hydrogen-bond donors (Lipinski definition) is 1. The minimum atomic E-state index is -1.06. The number of rotatable bonds is 4. The number of ether oxygens (including phenoxy) is 2. The third-order valence-corrected chi connectivity index (χ3v) is 3.06. The fourth-order valence-electron chi connectivity index (χ4n) is 1.44. The molecule has 0 aliphatic rings. The zero-order valence-corrected chi connectivity index (χ0v) is 12.6. The highest BCUT2D eigenvalue weighted by molar-refractivity contribution is 7.98. The largest absolute Gasteiger partial charge is 0.516 e. The normalized spacial score (nSPS) is 10.9. The Morgan fingerprint density at radius 2 is 2.14 bits per heavy atom. The summed E-state index contributed by atoms with van der Waals surface area (Å²) < 4.78 is 9.30. The Labute approximate surface area is 124 Å². The van der Waals surface area contributed by atoms with Crippen LogP contribution < -0.4 is 0 Å². The van der Waals surface area contributed by atoms with E-state index in [1.165, 1.54) is 11.8 Å². The van der Waals surface area contributed by atoms with Gasteiger partial charge in [0.05, 0.1) is 18.2 Å². The van der Waals surface area contributed by atoms with E-state index in [-0.39, 0.29) is 18.3 Å². The van der Waals surface area contributed by atoms with E-state index in [0.29, 0.717) is 16.1 Å². The molecule has 0 unspecified atom stereocenters. The second-order valence-corrected chi connectivity index (χ2v) is 5.33. The fraction of sp³-hybridized carbons (Fsp3) is 0.417. The van der Waals surface area contributed by atoms with Crippen LogP contribution in [0.2, 0.25) is 0 Å². The van der Waals surface area contributed by atoms with Crippen molar-refractivity contribution in [2.24, 2.45) is 5.92 Å². The van der Waals surface area contributed by atoms with Crippen molar-refractivity contribution in [1.29, 1.82) is 0 Å². The Kier molecular flexibility index (Phi) is 4.73. The molecular formula is C12H14N4O4S. The molecule has 0 aliphatic carbocycles. The van der Waals surface area contributed by atoms with E-state index in [9.17, 15) is 9.59 Å². The Bertz CT molecular complexity index is 670. The minimum absolute atomic E-state index is 0.147. The summed E-state index contributed by atoms with van der Waals surface area (Å²) in [7, 11) is 0. The van der Waals surface area contributed by atoms with Crippen molar-refractivity contribution in [3.8, 4) is 0 Å². The smallest absolute Gasteiger partial charge is 0.434 e. The maximum absolute atomic E-state index is 11.8. The van der Waals surface area contributed by atoms with Crippen LogP contribution >= 0.6 is 11.8 Å². The van der Waals surface area contributed by atoms with Gasteiger partial charge in [-0.05, 0) is 12.2 Å². The van der Waals surface area contributed by atoms with Gasteiger partial charge in [0.2, 0.25) is 5.82 Å². The van der Waals surface area contributed by atoms with Crippen molar-refractivity contribution in [2.75, 3.05) is 12.9 Å². The van der Waals surface area contributed by atoms with Crippen LogP contribution in [0.25, 0.3) is 11.0 Å². The number of carbonyl (C=O) groups excluding carboxylic acids is 2. The molecule has 112 valence electrons. The van der Waals surface area contributed by atoms with Gasteiger partial charge in [0.15, 0.2) is 5.65 Å². The molecule has 2 aromatic heterocycles. The predicted octanol–water partition coefficient (Wildman–Crippen LogP) is 2.02. The van der Waals surface area contributed by atoms with E-state index in [0.717, 1.165) is 0 Å². The van der Waals surface area contributed by atoms with Gasteiger partial charge in [-0.15, -0.1) is 11.8 Å². The van der Waals surface area contributed by atoms with Gasteiger partial charge in [-0.2, -0.15) is 5.10 Å². The molecule has 0 saturated heterocycles. The quantitative estimate of drug-likeness (QED) is 0.395. The number of thioether (sulfide) groups is 1. The first-order chi connectivity index (χ1) is 10.0. The monoisotopic (exact) mass is 310 g/mol. The average molecular weight is 310 g/mol. The molecule has 9 heteroatoms. The Morgan fingerprint density at radius 1 is 1.38 bits per heavy atom. The number of esters is 1. The molecule has 0 spiro atoms. The first-order valence-electron chi connectivity index (χ1n) is 6.15. The van der Waals surface area contributed by atoms with E-state index in [1.54, 1.807) is 12.5 Å². The maximum Gasteiger partial charge on any atom is 0.516 e. The lowest BCUT2D eigenvalue weighted by Crippen LogP contribution is -2.18. The van der Waals surface area contributed by atoms with E-state index in [1.807, 2.05) is 13.8 Å². The summed E-state index contributed by atoms with van der Waals surface area (Å²) in [5.74, 6) is -1.04. The van der Waals surface area contributed by atoms with E-state index in [4.69, 9.17) is 4.74 Å². The van der Waals surface area contributed by atoms with Gasteiger partial charge in [0, 0.05) is 0 Å². The number of hydrogen-bond acceptors (Lipinski definition) is 8. The number of carbonyl (C=O) groups is 2. The van der Waals surface area contributed by atoms with Gasteiger partial charge in [-0.25, -0.2) is 19.6 Å². The van der Waals surface area contributed by atoms with Crippen molar-refractivity contribution in [1.82, 2.24) is 20.2 Å². The summed E-state index contributed by atoms with van der Waals surface area (Å²) in [6, 6.07) is 0. The predicted molar refractivity (Wildman–Crippen MR) is 75.1 cm³/mol. The molecule has 0 amide bonds. The first-order valence-corrected chi connectivity index (χ1v) is 7.37. The van der Waals surface area contributed by atoms with Crippen LogP contribution in [0.4, 0.5) is 4.79 Å². The standard InChI is InChI=1S/C12H14N4O4S/c1-6(2)5-19-12(18)20-11(17)9-14-8-7(4-13-16-8)10(15-9)21-3/h4,6H,5H2,1-3H3,(H,13,14,15,16). The molecule has 0 radical (unpaired) electrons. The molecule has 1 N–H and O–H groups in total. The first kappa shape index (κ1) is 15.2. The van der Waals surface area contributed by atoms with Crippen LogP contribution in [-0.4, -0.2) is 45.2 Å². The van der Waals surface area contributed by atoms with Crippen LogP contribution in [0.15, 0.2) is 11.2 Å². The summed E-state index contributed by atoms with van der Waals surface area (Å²) >= 11 is 1.33.